The highest BCUT2D eigenvalue weighted by molar-refractivity contribution is 5.21. The summed E-state index contributed by atoms with van der Waals surface area (Å²) < 4.78 is 0. The number of hydrogen-bond acceptors (Lipinski definition) is 0. The second kappa shape index (κ2) is 4.53. The lowest BCUT2D eigenvalue weighted by Crippen LogP contribution is -2.74. The average molecular weight is 252 g/mol. The zero-order valence-corrected chi connectivity index (χ0v) is 14.5. The number of rotatable bonds is 4. The van der Waals surface area contributed by atoms with Gasteiger partial charge >= 0.3 is 0 Å². The van der Waals surface area contributed by atoms with E-state index in [1.54, 1.807) is 0 Å². The van der Waals surface area contributed by atoms with Gasteiger partial charge in [0.25, 0.3) is 0 Å². The second-order valence-corrected chi connectivity index (χ2v) is 8.06. The van der Waals surface area contributed by atoms with Gasteiger partial charge in [-0.15, -0.1) is 0 Å². The lowest BCUT2D eigenvalue weighted by molar-refractivity contribution is -0.317. The molecule has 0 spiro atoms. The van der Waals surface area contributed by atoms with Gasteiger partial charge in [0.05, 0.1) is 0 Å². The minimum atomic E-state index is 0.455. The van der Waals surface area contributed by atoms with Gasteiger partial charge in [0.2, 0.25) is 0 Å². The van der Waals surface area contributed by atoms with Crippen molar-refractivity contribution >= 4 is 0 Å². The van der Waals surface area contributed by atoms with Crippen molar-refractivity contribution in [2.75, 3.05) is 0 Å². The van der Waals surface area contributed by atoms with Crippen molar-refractivity contribution in [2.45, 2.75) is 75.7 Å². The Morgan fingerprint density at radius 2 is 1.28 bits per heavy atom. The average Bonchev–Trinajstić information content (AvgIpc) is 2.27. The Morgan fingerprint density at radius 1 is 0.833 bits per heavy atom. The predicted octanol–water partition coefficient (Wildman–Crippen LogP) is 6.01. The molecule has 1 saturated carbocycles. The third-order valence-corrected chi connectivity index (χ3v) is 7.73. The first-order valence-corrected chi connectivity index (χ1v) is 8.05. The highest BCUT2D eigenvalue weighted by Crippen LogP contribution is 2.79. The summed E-state index contributed by atoms with van der Waals surface area (Å²) in [5.74, 6) is 3.11. The smallest absolute Gasteiger partial charge is 0.0182 e. The molecular weight excluding hydrogens is 216 g/mol. The molecule has 0 aliphatic heterocycles. The van der Waals surface area contributed by atoms with Crippen LogP contribution in [0.1, 0.15) is 75.7 Å². The van der Waals surface area contributed by atoms with Gasteiger partial charge in [-0.1, -0.05) is 69.2 Å². The second-order valence-electron chi connectivity index (χ2n) is 8.06. The van der Waals surface area contributed by atoms with Crippen molar-refractivity contribution in [3.63, 3.8) is 0 Å². The lowest BCUT2D eigenvalue weighted by Gasteiger charge is -2.79. The summed E-state index contributed by atoms with van der Waals surface area (Å²) >= 11 is 0. The highest BCUT2D eigenvalue weighted by atomic mass is 14.8. The maximum Gasteiger partial charge on any atom is -0.0182 e. The van der Waals surface area contributed by atoms with Crippen LogP contribution in [0.5, 0.6) is 0 Å². The van der Waals surface area contributed by atoms with Gasteiger partial charge in [0.1, 0.15) is 0 Å². The molecule has 0 heterocycles. The molecule has 0 radical (unpaired) electrons. The van der Waals surface area contributed by atoms with Gasteiger partial charge in [-0.2, -0.15) is 0 Å². The standard InChI is InChI=1S/C18H36/c1-11-18(14(6)7)15(8)16(9,12(2)3)17(18,10)13(4)5/h12-15H,11H2,1-10H3. The predicted molar refractivity (Wildman–Crippen MR) is 82.6 cm³/mol. The summed E-state index contributed by atoms with van der Waals surface area (Å²) in [6.07, 6.45) is 1.32. The molecule has 4 atom stereocenters. The first-order valence-electron chi connectivity index (χ1n) is 8.05. The largest absolute Gasteiger partial charge is 0.0648 e. The molecule has 0 heteroatoms. The van der Waals surface area contributed by atoms with Crippen LogP contribution in [0.2, 0.25) is 0 Å². The fourth-order valence-corrected chi connectivity index (χ4v) is 6.30. The van der Waals surface area contributed by atoms with Gasteiger partial charge in [-0.05, 0) is 46.3 Å². The molecule has 0 aromatic heterocycles. The Balaban J connectivity index is 3.42. The first-order chi connectivity index (χ1) is 8.05. The third-order valence-electron chi connectivity index (χ3n) is 7.73. The van der Waals surface area contributed by atoms with E-state index in [2.05, 4.69) is 69.2 Å². The summed E-state index contributed by atoms with van der Waals surface area (Å²) in [7, 11) is 0. The third kappa shape index (κ3) is 1.38. The van der Waals surface area contributed by atoms with E-state index < -0.39 is 0 Å². The van der Waals surface area contributed by atoms with E-state index in [-0.39, 0.29) is 0 Å². The Kier molecular flexibility index (Phi) is 4.04. The van der Waals surface area contributed by atoms with Crippen molar-refractivity contribution in [1.82, 2.24) is 0 Å². The molecule has 0 saturated heterocycles. The SMILES string of the molecule is CCC1(C(C)C)C(C)C(C)(C(C)C)C1(C)C(C)C. The molecule has 108 valence electrons. The van der Waals surface area contributed by atoms with Crippen LogP contribution in [0.4, 0.5) is 0 Å². The van der Waals surface area contributed by atoms with E-state index in [1.165, 1.54) is 6.42 Å². The molecule has 18 heavy (non-hydrogen) atoms. The Hall–Kier alpha value is 0. The molecule has 4 unspecified atom stereocenters. The maximum atomic E-state index is 2.58. The Bertz CT molecular complexity index is 301. The fourth-order valence-electron chi connectivity index (χ4n) is 6.30. The van der Waals surface area contributed by atoms with Crippen LogP contribution in [-0.2, 0) is 0 Å². The lowest BCUT2D eigenvalue weighted by atomic mass is 9.25. The summed E-state index contributed by atoms with van der Waals surface area (Å²) in [4.78, 5) is 0. The minimum Gasteiger partial charge on any atom is -0.0648 e. The van der Waals surface area contributed by atoms with Crippen LogP contribution in [0, 0.1) is 39.9 Å². The molecule has 0 nitrogen and oxygen atoms in total. The summed E-state index contributed by atoms with van der Waals surface area (Å²) in [5.41, 5.74) is 1.44. The van der Waals surface area contributed by atoms with Crippen LogP contribution >= 0.6 is 0 Å². The molecule has 1 aliphatic rings. The molecule has 0 N–H and O–H groups in total. The van der Waals surface area contributed by atoms with E-state index in [1.807, 2.05) is 0 Å². The number of hydrogen-bond donors (Lipinski definition) is 0. The monoisotopic (exact) mass is 252 g/mol. The first kappa shape index (κ1) is 16.1. The van der Waals surface area contributed by atoms with Gasteiger partial charge < -0.3 is 0 Å². The quantitative estimate of drug-likeness (QED) is 0.574. The molecule has 0 aromatic carbocycles. The molecule has 0 bridgehead atoms. The van der Waals surface area contributed by atoms with E-state index in [4.69, 9.17) is 0 Å². The fraction of sp³-hybridized carbons (Fsp3) is 1.00. The Morgan fingerprint density at radius 3 is 1.50 bits per heavy atom. The van der Waals surface area contributed by atoms with Crippen LogP contribution in [-0.4, -0.2) is 0 Å². The molecule has 1 aliphatic carbocycles. The van der Waals surface area contributed by atoms with E-state index in [0.29, 0.717) is 16.2 Å². The van der Waals surface area contributed by atoms with Crippen molar-refractivity contribution in [1.29, 1.82) is 0 Å². The van der Waals surface area contributed by atoms with E-state index >= 15 is 0 Å². The van der Waals surface area contributed by atoms with Crippen LogP contribution < -0.4 is 0 Å². The maximum absolute atomic E-state index is 2.58. The minimum absolute atomic E-state index is 0.455. The zero-order chi connectivity index (χ0) is 14.5. The van der Waals surface area contributed by atoms with Crippen LogP contribution in [0.25, 0.3) is 0 Å². The van der Waals surface area contributed by atoms with Crippen LogP contribution in [0.15, 0.2) is 0 Å². The van der Waals surface area contributed by atoms with Crippen molar-refractivity contribution in [3.8, 4) is 0 Å². The van der Waals surface area contributed by atoms with E-state index in [0.717, 1.165) is 23.7 Å². The molecule has 0 amide bonds. The van der Waals surface area contributed by atoms with Gasteiger partial charge in [-0.3, -0.25) is 0 Å². The summed E-state index contributed by atoms with van der Waals surface area (Å²) in [6.45, 7) is 24.7. The van der Waals surface area contributed by atoms with Crippen LogP contribution in [0.3, 0.4) is 0 Å². The molecule has 0 aromatic rings. The zero-order valence-electron chi connectivity index (χ0n) is 14.5. The molecule has 1 fully saturated rings. The Labute approximate surface area is 116 Å². The van der Waals surface area contributed by atoms with Crippen molar-refractivity contribution in [2.24, 2.45) is 39.9 Å². The summed E-state index contributed by atoms with van der Waals surface area (Å²) in [5, 5.41) is 0. The molecule has 1 rings (SSSR count). The normalized spacial score (nSPS) is 44.8. The van der Waals surface area contributed by atoms with E-state index in [9.17, 15) is 0 Å². The highest BCUT2D eigenvalue weighted by Gasteiger charge is 2.74. The van der Waals surface area contributed by atoms with Gasteiger partial charge in [0, 0.05) is 0 Å². The summed E-state index contributed by atoms with van der Waals surface area (Å²) in [6, 6.07) is 0. The van der Waals surface area contributed by atoms with Crippen molar-refractivity contribution < 1.29 is 0 Å². The molecular formula is C18H36. The van der Waals surface area contributed by atoms with Crippen molar-refractivity contribution in [3.05, 3.63) is 0 Å². The van der Waals surface area contributed by atoms with Gasteiger partial charge in [-0.25, -0.2) is 0 Å². The topological polar surface area (TPSA) is 0 Å². The van der Waals surface area contributed by atoms with Gasteiger partial charge in [0.15, 0.2) is 0 Å².